The minimum atomic E-state index is -3.19. The van der Waals surface area contributed by atoms with Gasteiger partial charge in [-0.3, -0.25) is 0 Å². The molecule has 1 atom stereocenters. The van der Waals surface area contributed by atoms with Gasteiger partial charge in [-0.2, -0.15) is 5.26 Å². The average Bonchev–Trinajstić information content (AvgIpc) is 3.01. The number of nitrogens with zero attached hydrogens (tertiary/aromatic N) is 1. The summed E-state index contributed by atoms with van der Waals surface area (Å²) in [6.45, 7) is -3.17. The van der Waals surface area contributed by atoms with Crippen molar-refractivity contribution < 1.29 is 17.4 Å². The largest absolute Gasteiger partial charge is 0.361 e. The SMILES string of the molecule is Cl.[2H]C([2H])(N)C([2H])([2H])C([2H])([2H])[C@@]1(c2ccc(F)cc2)OCc2cc(C#N)ccc21. The molecule has 0 radical (unpaired) electrons. The lowest BCUT2D eigenvalue weighted by molar-refractivity contribution is -0.0126. The van der Waals surface area contributed by atoms with Gasteiger partial charge in [0.25, 0.3) is 0 Å². The van der Waals surface area contributed by atoms with Gasteiger partial charge >= 0.3 is 0 Å². The number of rotatable bonds is 4. The van der Waals surface area contributed by atoms with Gasteiger partial charge in [-0.15, -0.1) is 12.4 Å². The molecular formula is C18H18ClFN2O. The quantitative estimate of drug-likeness (QED) is 0.926. The summed E-state index contributed by atoms with van der Waals surface area (Å²) in [5.74, 6) is -0.574. The molecule has 3 rings (SSSR count). The van der Waals surface area contributed by atoms with Gasteiger partial charge in [-0.05, 0) is 60.2 Å². The van der Waals surface area contributed by atoms with E-state index >= 15 is 0 Å². The molecule has 1 aliphatic heterocycles. The van der Waals surface area contributed by atoms with Crippen molar-refractivity contribution in [2.45, 2.75) is 25.0 Å². The van der Waals surface area contributed by atoms with Crippen LogP contribution in [0.1, 0.15) is 43.2 Å². The molecule has 5 heteroatoms. The molecule has 0 spiro atoms. The third-order valence-electron chi connectivity index (χ3n) is 3.62. The number of nitrogens with two attached hydrogens (primary N) is 1. The van der Waals surface area contributed by atoms with Crippen molar-refractivity contribution >= 4 is 12.4 Å². The lowest BCUT2D eigenvalue weighted by Gasteiger charge is -2.30. The van der Waals surface area contributed by atoms with E-state index in [0.29, 0.717) is 11.1 Å². The molecular weight excluding hydrogens is 315 g/mol. The fourth-order valence-electron chi connectivity index (χ4n) is 2.61. The Balaban J connectivity index is 0.00000300. The molecule has 2 aromatic rings. The third kappa shape index (κ3) is 3.09. The van der Waals surface area contributed by atoms with Gasteiger partial charge in [-0.25, -0.2) is 4.39 Å². The molecule has 0 fully saturated rings. The molecule has 1 heterocycles. The van der Waals surface area contributed by atoms with E-state index in [1.54, 1.807) is 0 Å². The fraction of sp³-hybridized carbons (Fsp3) is 0.278. The van der Waals surface area contributed by atoms with Gasteiger partial charge in [0.1, 0.15) is 11.4 Å². The van der Waals surface area contributed by atoms with Crippen molar-refractivity contribution in [2.75, 3.05) is 6.50 Å². The maximum atomic E-state index is 13.5. The van der Waals surface area contributed by atoms with Gasteiger partial charge in [-0.1, -0.05) is 18.2 Å². The summed E-state index contributed by atoms with van der Waals surface area (Å²) in [5, 5.41) is 9.11. The first-order valence-corrected chi connectivity index (χ1v) is 6.61. The van der Waals surface area contributed by atoms with Crippen LogP contribution in [-0.2, 0) is 16.9 Å². The van der Waals surface area contributed by atoms with Gasteiger partial charge in [0.15, 0.2) is 0 Å². The van der Waals surface area contributed by atoms with Crippen LogP contribution in [0.3, 0.4) is 0 Å². The second-order valence-electron chi connectivity index (χ2n) is 4.85. The van der Waals surface area contributed by atoms with E-state index in [9.17, 15) is 4.39 Å². The van der Waals surface area contributed by atoms with Gasteiger partial charge in [0, 0.05) is 8.22 Å². The highest BCUT2D eigenvalue weighted by Gasteiger charge is 2.41. The van der Waals surface area contributed by atoms with Crippen molar-refractivity contribution in [3.63, 3.8) is 0 Å². The number of benzene rings is 2. The summed E-state index contributed by atoms with van der Waals surface area (Å²) >= 11 is 0. The smallest absolute Gasteiger partial charge is 0.123 e. The summed E-state index contributed by atoms with van der Waals surface area (Å²) in [6.07, 6.45) is -6.20. The summed E-state index contributed by atoms with van der Waals surface area (Å²) < 4.78 is 68.2. The lowest BCUT2D eigenvalue weighted by atomic mass is 9.81. The molecule has 3 nitrogen and oxygen atoms in total. The molecule has 0 aliphatic carbocycles. The van der Waals surface area contributed by atoms with Gasteiger partial charge in [0.05, 0.1) is 18.2 Å². The highest BCUT2D eigenvalue weighted by Crippen LogP contribution is 2.45. The van der Waals surface area contributed by atoms with E-state index < -0.39 is 30.7 Å². The Hall–Kier alpha value is -1.93. The van der Waals surface area contributed by atoms with Crippen molar-refractivity contribution in [1.82, 2.24) is 0 Å². The average molecular weight is 339 g/mol. The van der Waals surface area contributed by atoms with Crippen LogP contribution in [0.5, 0.6) is 0 Å². The molecule has 23 heavy (non-hydrogen) atoms. The van der Waals surface area contributed by atoms with Crippen LogP contribution in [-0.4, -0.2) is 6.50 Å². The van der Waals surface area contributed by atoms with Crippen LogP contribution >= 0.6 is 12.4 Å². The first-order chi connectivity index (χ1) is 12.9. The zero-order chi connectivity index (χ0) is 21.0. The highest BCUT2D eigenvalue weighted by molar-refractivity contribution is 5.85. The van der Waals surface area contributed by atoms with Crippen molar-refractivity contribution in [2.24, 2.45) is 5.73 Å². The third-order valence-corrected chi connectivity index (χ3v) is 3.62. The number of nitriles is 1. The minimum Gasteiger partial charge on any atom is -0.361 e. The molecule has 2 aromatic carbocycles. The predicted molar refractivity (Wildman–Crippen MR) is 88.7 cm³/mol. The maximum absolute atomic E-state index is 13.5. The Morgan fingerprint density at radius 3 is 2.70 bits per heavy atom. The van der Waals surface area contributed by atoms with Crippen LogP contribution in [0.25, 0.3) is 0 Å². The van der Waals surface area contributed by atoms with E-state index in [1.165, 1.54) is 30.3 Å². The molecule has 0 amide bonds. The van der Waals surface area contributed by atoms with Crippen LogP contribution in [0, 0.1) is 17.1 Å². The van der Waals surface area contributed by atoms with E-state index in [2.05, 4.69) is 0 Å². The lowest BCUT2D eigenvalue weighted by Crippen LogP contribution is -2.28. The number of halogens is 2. The monoisotopic (exact) mass is 338 g/mol. The molecule has 0 saturated heterocycles. The summed E-state index contributed by atoms with van der Waals surface area (Å²) in [4.78, 5) is 0. The fourth-order valence-corrected chi connectivity index (χ4v) is 2.61. The summed E-state index contributed by atoms with van der Waals surface area (Å²) in [7, 11) is 0. The first-order valence-electron chi connectivity index (χ1n) is 9.61. The number of hydrogen-bond donors (Lipinski definition) is 1. The van der Waals surface area contributed by atoms with Gasteiger partial charge < -0.3 is 10.5 Å². The van der Waals surface area contributed by atoms with Crippen LogP contribution < -0.4 is 5.73 Å². The molecule has 0 bridgehead atoms. The highest BCUT2D eigenvalue weighted by atomic mass is 35.5. The van der Waals surface area contributed by atoms with Crippen LogP contribution in [0.15, 0.2) is 42.5 Å². The van der Waals surface area contributed by atoms with Crippen molar-refractivity contribution in [3.8, 4) is 6.07 Å². The normalized spacial score (nSPS) is 24.6. The van der Waals surface area contributed by atoms with Gasteiger partial charge in [0.2, 0.25) is 0 Å². The molecule has 2 N–H and O–H groups in total. The topological polar surface area (TPSA) is 59.0 Å². The molecule has 0 saturated carbocycles. The summed E-state index contributed by atoms with van der Waals surface area (Å²) in [6, 6.07) is 11.1. The Morgan fingerprint density at radius 1 is 1.30 bits per heavy atom. The van der Waals surface area contributed by atoms with Crippen molar-refractivity contribution in [3.05, 3.63) is 70.5 Å². The molecule has 0 aromatic heterocycles. The molecule has 0 unspecified atom stereocenters. The van der Waals surface area contributed by atoms with E-state index in [0.717, 1.165) is 12.1 Å². The summed E-state index contributed by atoms with van der Waals surface area (Å²) in [5.41, 5.74) is 4.37. The second kappa shape index (κ2) is 7.10. The number of ether oxygens (including phenoxy) is 1. The van der Waals surface area contributed by atoms with Crippen molar-refractivity contribution in [1.29, 1.82) is 5.26 Å². The zero-order valence-electron chi connectivity index (χ0n) is 18.0. The Bertz CT molecular complexity index is 958. The predicted octanol–water partition coefficient (Wildman–Crippen LogP) is 3.63. The van der Waals surface area contributed by atoms with Crippen LogP contribution in [0.4, 0.5) is 4.39 Å². The first kappa shape index (κ1) is 10.8. The molecule has 1 aliphatic rings. The second-order valence-corrected chi connectivity index (χ2v) is 4.85. The van der Waals surface area contributed by atoms with E-state index in [-0.39, 0.29) is 30.1 Å². The number of fused-ring (bicyclic) bond motifs is 1. The Labute approximate surface area is 149 Å². The standard InChI is InChI=1S/C18H17FN2O.ClH/c19-16-5-3-15(4-6-16)18(8-1-9-20)17-7-2-13(11-21)10-14(17)12-22-18;/h2-7,10H,1,8-9,12,20H2;1H/t18-;/m0./s1/i1D2,8D2,9D2;. The Morgan fingerprint density at radius 2 is 2.04 bits per heavy atom. The Kier molecular flexibility index (Phi) is 3.32. The van der Waals surface area contributed by atoms with E-state index in [1.807, 2.05) is 6.07 Å². The molecule has 120 valence electrons. The number of hydrogen-bond acceptors (Lipinski definition) is 3. The van der Waals surface area contributed by atoms with Crippen LogP contribution in [0.2, 0.25) is 0 Å². The zero-order valence-corrected chi connectivity index (χ0v) is 12.8. The minimum absolute atomic E-state index is 0. The maximum Gasteiger partial charge on any atom is 0.123 e. The van der Waals surface area contributed by atoms with E-state index in [4.69, 9.17) is 24.0 Å².